The third kappa shape index (κ3) is 5.39. The van der Waals surface area contributed by atoms with Crippen molar-refractivity contribution < 1.29 is 9.59 Å². The van der Waals surface area contributed by atoms with Crippen LogP contribution in [0.3, 0.4) is 0 Å². The fourth-order valence-corrected chi connectivity index (χ4v) is 3.60. The standard InChI is InChI=1S/C17H23BrN4O2.ClH/c18-14-1-2-15(20-11-14)21-16(23)12-5-9-22(10-6-12)17(24)13-3-7-19-8-4-13;/h1-2,11-13,19H,3-10H2,(H,20,21,23);1H. The molecule has 0 atom stereocenters. The molecule has 0 unspecified atom stereocenters. The molecule has 2 fully saturated rings. The summed E-state index contributed by atoms with van der Waals surface area (Å²) < 4.78 is 0.880. The summed E-state index contributed by atoms with van der Waals surface area (Å²) in [6.07, 6.45) is 4.96. The molecule has 3 rings (SSSR count). The molecule has 138 valence electrons. The fourth-order valence-electron chi connectivity index (χ4n) is 3.37. The number of aromatic nitrogens is 1. The highest BCUT2D eigenvalue weighted by Crippen LogP contribution is 2.23. The van der Waals surface area contributed by atoms with Crippen LogP contribution in [0.4, 0.5) is 5.82 Å². The molecule has 3 heterocycles. The Kier molecular flexibility index (Phi) is 7.65. The number of rotatable bonds is 3. The zero-order valence-electron chi connectivity index (χ0n) is 14.0. The quantitative estimate of drug-likeness (QED) is 0.771. The molecule has 2 aliphatic heterocycles. The number of pyridine rings is 1. The van der Waals surface area contributed by atoms with Crippen LogP contribution in [0, 0.1) is 11.8 Å². The van der Waals surface area contributed by atoms with Crippen LogP contribution in [0.15, 0.2) is 22.8 Å². The second-order valence-electron chi connectivity index (χ2n) is 6.47. The molecule has 2 N–H and O–H groups in total. The number of hydrogen-bond acceptors (Lipinski definition) is 4. The number of amides is 2. The number of halogens is 2. The molecule has 0 aliphatic carbocycles. The maximum Gasteiger partial charge on any atom is 0.228 e. The van der Waals surface area contributed by atoms with Gasteiger partial charge in [-0.1, -0.05) is 0 Å². The van der Waals surface area contributed by atoms with Crippen LogP contribution >= 0.6 is 28.3 Å². The second-order valence-corrected chi connectivity index (χ2v) is 7.39. The molecule has 1 aromatic heterocycles. The molecular weight excluding hydrogens is 408 g/mol. The van der Waals surface area contributed by atoms with Gasteiger partial charge in [0, 0.05) is 35.6 Å². The SMILES string of the molecule is Cl.O=C(Nc1ccc(Br)cn1)C1CCN(C(=O)C2CCNCC2)CC1. The van der Waals surface area contributed by atoms with Crippen molar-refractivity contribution in [1.29, 1.82) is 0 Å². The van der Waals surface area contributed by atoms with Crippen LogP contribution < -0.4 is 10.6 Å². The van der Waals surface area contributed by atoms with Gasteiger partial charge in [0.15, 0.2) is 0 Å². The lowest BCUT2D eigenvalue weighted by atomic mass is 9.92. The van der Waals surface area contributed by atoms with E-state index < -0.39 is 0 Å². The Balaban J connectivity index is 0.00000225. The Bertz CT molecular complexity index is 585. The number of nitrogens with zero attached hydrogens (tertiary/aromatic N) is 2. The van der Waals surface area contributed by atoms with Crippen LogP contribution in [-0.4, -0.2) is 47.9 Å². The number of likely N-dealkylation sites (tertiary alicyclic amines) is 1. The van der Waals surface area contributed by atoms with Gasteiger partial charge in [-0.15, -0.1) is 12.4 Å². The van der Waals surface area contributed by atoms with Gasteiger partial charge in [-0.3, -0.25) is 9.59 Å². The topological polar surface area (TPSA) is 74.3 Å². The molecule has 6 nitrogen and oxygen atoms in total. The first-order chi connectivity index (χ1) is 11.6. The van der Waals surface area contributed by atoms with Gasteiger partial charge in [0.1, 0.15) is 5.82 Å². The second kappa shape index (κ2) is 9.50. The van der Waals surface area contributed by atoms with Gasteiger partial charge in [0.05, 0.1) is 0 Å². The smallest absolute Gasteiger partial charge is 0.228 e. The summed E-state index contributed by atoms with van der Waals surface area (Å²) in [5.74, 6) is 0.941. The number of carbonyl (C=O) groups excluding carboxylic acids is 2. The summed E-state index contributed by atoms with van der Waals surface area (Å²) in [4.78, 5) is 31.0. The van der Waals surface area contributed by atoms with Crippen molar-refractivity contribution >= 4 is 46.0 Å². The molecule has 2 amide bonds. The minimum Gasteiger partial charge on any atom is -0.342 e. The van der Waals surface area contributed by atoms with Crippen molar-refractivity contribution in [3.63, 3.8) is 0 Å². The molecule has 25 heavy (non-hydrogen) atoms. The van der Waals surface area contributed by atoms with E-state index in [0.29, 0.717) is 18.9 Å². The van der Waals surface area contributed by atoms with Gasteiger partial charge in [-0.05, 0) is 66.8 Å². The summed E-state index contributed by atoms with van der Waals surface area (Å²) in [6.45, 7) is 3.20. The van der Waals surface area contributed by atoms with Crippen molar-refractivity contribution in [2.24, 2.45) is 11.8 Å². The zero-order valence-corrected chi connectivity index (χ0v) is 16.4. The minimum atomic E-state index is -0.0486. The van der Waals surface area contributed by atoms with Crippen LogP contribution in [0.1, 0.15) is 25.7 Å². The highest BCUT2D eigenvalue weighted by Gasteiger charge is 2.31. The van der Waals surface area contributed by atoms with Crippen LogP contribution in [0.5, 0.6) is 0 Å². The van der Waals surface area contributed by atoms with Crippen molar-refractivity contribution in [3.8, 4) is 0 Å². The first-order valence-electron chi connectivity index (χ1n) is 8.55. The summed E-state index contributed by atoms with van der Waals surface area (Å²) in [5.41, 5.74) is 0. The highest BCUT2D eigenvalue weighted by molar-refractivity contribution is 9.10. The highest BCUT2D eigenvalue weighted by atomic mass is 79.9. The first kappa shape index (κ1) is 20.1. The average molecular weight is 432 g/mol. The number of carbonyl (C=O) groups is 2. The summed E-state index contributed by atoms with van der Waals surface area (Å²) in [5, 5.41) is 6.15. The predicted molar refractivity (Wildman–Crippen MR) is 103 cm³/mol. The normalized spacial score (nSPS) is 19.2. The third-order valence-electron chi connectivity index (χ3n) is 4.84. The van der Waals surface area contributed by atoms with E-state index in [1.165, 1.54) is 0 Å². The number of anilines is 1. The Hall–Kier alpha value is -1.18. The maximum absolute atomic E-state index is 12.5. The molecule has 2 saturated heterocycles. The van der Waals surface area contributed by atoms with E-state index in [1.807, 2.05) is 11.0 Å². The van der Waals surface area contributed by atoms with Crippen LogP contribution in [0.25, 0.3) is 0 Å². The third-order valence-corrected chi connectivity index (χ3v) is 5.31. The Morgan fingerprint density at radius 1 is 1.12 bits per heavy atom. The van der Waals surface area contributed by atoms with E-state index in [0.717, 1.165) is 43.2 Å². The van der Waals surface area contributed by atoms with Crippen molar-refractivity contribution in [2.75, 3.05) is 31.5 Å². The number of nitrogens with one attached hydrogen (secondary N) is 2. The minimum absolute atomic E-state index is 0. The lowest BCUT2D eigenvalue weighted by Gasteiger charge is -2.34. The molecule has 2 aliphatic rings. The van der Waals surface area contributed by atoms with E-state index in [2.05, 4.69) is 31.5 Å². The molecular formula is C17H24BrClN4O2. The predicted octanol–water partition coefficient (Wildman–Crippen LogP) is 2.44. The molecule has 8 heteroatoms. The van der Waals surface area contributed by atoms with Gasteiger partial charge in [0.25, 0.3) is 0 Å². The summed E-state index contributed by atoms with van der Waals surface area (Å²) in [7, 11) is 0. The van der Waals surface area contributed by atoms with Crippen molar-refractivity contribution in [3.05, 3.63) is 22.8 Å². The first-order valence-corrected chi connectivity index (χ1v) is 9.34. The lowest BCUT2D eigenvalue weighted by molar-refractivity contribution is -0.139. The molecule has 1 aromatic rings. The lowest BCUT2D eigenvalue weighted by Crippen LogP contribution is -2.46. The van der Waals surface area contributed by atoms with E-state index >= 15 is 0 Å². The van der Waals surface area contributed by atoms with E-state index in [9.17, 15) is 9.59 Å². The Labute approximate surface area is 162 Å². The Morgan fingerprint density at radius 3 is 2.40 bits per heavy atom. The molecule has 0 spiro atoms. The molecule has 0 aromatic carbocycles. The molecule has 0 bridgehead atoms. The number of piperidine rings is 2. The zero-order chi connectivity index (χ0) is 16.9. The van der Waals surface area contributed by atoms with E-state index in [-0.39, 0.29) is 36.1 Å². The number of hydrogen-bond donors (Lipinski definition) is 2. The van der Waals surface area contributed by atoms with Gasteiger partial charge >= 0.3 is 0 Å². The van der Waals surface area contributed by atoms with Crippen molar-refractivity contribution in [2.45, 2.75) is 25.7 Å². The molecule has 0 saturated carbocycles. The summed E-state index contributed by atoms with van der Waals surface area (Å²) in [6, 6.07) is 3.63. The Morgan fingerprint density at radius 2 is 1.80 bits per heavy atom. The van der Waals surface area contributed by atoms with Crippen molar-refractivity contribution in [1.82, 2.24) is 15.2 Å². The van der Waals surface area contributed by atoms with Gasteiger partial charge in [0.2, 0.25) is 11.8 Å². The average Bonchev–Trinajstić information content (AvgIpc) is 2.64. The van der Waals surface area contributed by atoms with E-state index in [4.69, 9.17) is 0 Å². The van der Waals surface area contributed by atoms with Crippen LogP contribution in [0.2, 0.25) is 0 Å². The maximum atomic E-state index is 12.5. The van der Waals surface area contributed by atoms with Gasteiger partial charge in [-0.2, -0.15) is 0 Å². The van der Waals surface area contributed by atoms with E-state index in [1.54, 1.807) is 12.3 Å². The van der Waals surface area contributed by atoms with Gasteiger partial charge in [-0.25, -0.2) is 4.98 Å². The van der Waals surface area contributed by atoms with Gasteiger partial charge < -0.3 is 15.5 Å². The summed E-state index contributed by atoms with van der Waals surface area (Å²) >= 11 is 3.32. The monoisotopic (exact) mass is 430 g/mol. The largest absolute Gasteiger partial charge is 0.342 e. The fraction of sp³-hybridized carbons (Fsp3) is 0.588. The van der Waals surface area contributed by atoms with Crippen LogP contribution in [-0.2, 0) is 9.59 Å². The molecule has 0 radical (unpaired) electrons.